The van der Waals surface area contributed by atoms with E-state index in [1.54, 1.807) is 0 Å². The highest BCUT2D eigenvalue weighted by molar-refractivity contribution is 6.30. The van der Waals surface area contributed by atoms with E-state index in [1.807, 2.05) is 29.2 Å². The second-order valence-electron chi connectivity index (χ2n) is 6.71. The van der Waals surface area contributed by atoms with Gasteiger partial charge in [0.25, 0.3) is 0 Å². The Hall–Kier alpha value is -1.84. The maximum Gasteiger partial charge on any atom is 0.222 e. The number of hydrogen-bond acceptors (Lipinski definition) is 2. The highest BCUT2D eigenvalue weighted by atomic mass is 35.5. The predicted molar refractivity (Wildman–Crippen MR) is 103 cm³/mol. The summed E-state index contributed by atoms with van der Waals surface area (Å²) >= 11 is 5.90. The minimum atomic E-state index is 0.255. The fourth-order valence-electron chi connectivity index (χ4n) is 3.24. The number of amides is 1. The van der Waals surface area contributed by atoms with Crippen LogP contribution in [0.2, 0.25) is 5.02 Å². The largest absolute Gasteiger partial charge is 0.340 e. The molecule has 0 unspecified atom stereocenters. The Morgan fingerprint density at radius 2 is 1.68 bits per heavy atom. The van der Waals surface area contributed by atoms with Gasteiger partial charge in [-0.3, -0.25) is 9.69 Å². The summed E-state index contributed by atoms with van der Waals surface area (Å²) in [6, 6.07) is 16.3. The number of aryl methyl sites for hydroxylation is 2. The van der Waals surface area contributed by atoms with Gasteiger partial charge in [0.1, 0.15) is 0 Å². The second-order valence-corrected chi connectivity index (χ2v) is 7.15. The van der Waals surface area contributed by atoms with Gasteiger partial charge in [-0.15, -0.1) is 0 Å². The van der Waals surface area contributed by atoms with Crippen LogP contribution in [-0.2, 0) is 17.8 Å². The monoisotopic (exact) mass is 356 g/mol. The maximum absolute atomic E-state index is 12.4. The van der Waals surface area contributed by atoms with E-state index in [-0.39, 0.29) is 5.91 Å². The Bertz CT molecular complexity index is 706. The molecule has 1 amide bonds. The van der Waals surface area contributed by atoms with E-state index < -0.39 is 0 Å². The Kier molecular flexibility index (Phi) is 6.11. The van der Waals surface area contributed by atoms with E-state index in [9.17, 15) is 4.79 Å². The minimum absolute atomic E-state index is 0.255. The van der Waals surface area contributed by atoms with Gasteiger partial charge in [0.15, 0.2) is 0 Å². The van der Waals surface area contributed by atoms with E-state index in [4.69, 9.17) is 11.6 Å². The third-order valence-electron chi connectivity index (χ3n) is 4.92. The maximum atomic E-state index is 12.4. The molecule has 1 saturated heterocycles. The van der Waals surface area contributed by atoms with Crippen molar-refractivity contribution in [2.24, 2.45) is 0 Å². The van der Waals surface area contributed by atoms with Crippen LogP contribution >= 0.6 is 11.6 Å². The summed E-state index contributed by atoms with van der Waals surface area (Å²) in [5.41, 5.74) is 3.88. The summed E-state index contributed by atoms with van der Waals surface area (Å²) in [5, 5.41) is 0.736. The lowest BCUT2D eigenvalue weighted by Crippen LogP contribution is -2.48. The number of hydrogen-bond donors (Lipinski definition) is 0. The lowest BCUT2D eigenvalue weighted by molar-refractivity contribution is -0.133. The quantitative estimate of drug-likeness (QED) is 0.810. The van der Waals surface area contributed by atoms with Gasteiger partial charge in [-0.2, -0.15) is 0 Å². The highest BCUT2D eigenvalue weighted by Gasteiger charge is 2.21. The zero-order valence-corrected chi connectivity index (χ0v) is 15.5. The number of carbonyl (C=O) groups excluding carboxylic acids is 1. The first-order valence-electron chi connectivity index (χ1n) is 8.91. The number of nitrogens with zero attached hydrogens (tertiary/aromatic N) is 2. The molecular weight excluding hydrogens is 332 g/mol. The van der Waals surface area contributed by atoms with E-state index in [2.05, 4.69) is 36.1 Å². The van der Waals surface area contributed by atoms with Crippen LogP contribution < -0.4 is 0 Å². The number of halogens is 1. The van der Waals surface area contributed by atoms with Gasteiger partial charge >= 0.3 is 0 Å². The molecule has 132 valence electrons. The SMILES string of the molecule is Cc1ccccc1CN1CCN(C(=O)CCc2ccc(Cl)cc2)CC1. The van der Waals surface area contributed by atoms with Crippen LogP contribution in [0, 0.1) is 6.92 Å². The molecule has 4 heteroatoms. The minimum Gasteiger partial charge on any atom is -0.340 e. The van der Waals surface area contributed by atoms with Crippen LogP contribution in [0.1, 0.15) is 23.1 Å². The zero-order valence-electron chi connectivity index (χ0n) is 14.7. The van der Waals surface area contributed by atoms with E-state index in [1.165, 1.54) is 11.1 Å². The van der Waals surface area contributed by atoms with Crippen LogP contribution in [0.3, 0.4) is 0 Å². The van der Waals surface area contributed by atoms with E-state index in [0.717, 1.165) is 49.7 Å². The van der Waals surface area contributed by atoms with Gasteiger partial charge in [-0.1, -0.05) is 48.0 Å². The Morgan fingerprint density at radius 3 is 2.36 bits per heavy atom. The van der Waals surface area contributed by atoms with Crippen molar-refractivity contribution in [3.05, 3.63) is 70.2 Å². The zero-order chi connectivity index (χ0) is 17.6. The number of rotatable bonds is 5. The third-order valence-corrected chi connectivity index (χ3v) is 5.17. The lowest BCUT2D eigenvalue weighted by atomic mass is 10.1. The van der Waals surface area contributed by atoms with Crippen molar-refractivity contribution in [2.45, 2.75) is 26.3 Å². The van der Waals surface area contributed by atoms with Gasteiger partial charge in [0.05, 0.1) is 0 Å². The van der Waals surface area contributed by atoms with Crippen molar-refractivity contribution in [1.29, 1.82) is 0 Å². The molecule has 0 bridgehead atoms. The summed E-state index contributed by atoms with van der Waals surface area (Å²) < 4.78 is 0. The number of carbonyl (C=O) groups is 1. The molecule has 2 aromatic rings. The molecule has 0 aromatic heterocycles. The third kappa shape index (κ3) is 5.07. The molecule has 3 rings (SSSR count). The highest BCUT2D eigenvalue weighted by Crippen LogP contribution is 2.14. The second kappa shape index (κ2) is 8.50. The topological polar surface area (TPSA) is 23.6 Å². The van der Waals surface area contributed by atoms with Gasteiger partial charge in [-0.25, -0.2) is 0 Å². The normalized spacial score (nSPS) is 15.4. The van der Waals surface area contributed by atoms with Crippen molar-refractivity contribution >= 4 is 17.5 Å². The van der Waals surface area contributed by atoms with Crippen molar-refractivity contribution in [3.8, 4) is 0 Å². The van der Waals surface area contributed by atoms with Gasteiger partial charge in [0, 0.05) is 44.2 Å². The van der Waals surface area contributed by atoms with Crippen molar-refractivity contribution in [3.63, 3.8) is 0 Å². The van der Waals surface area contributed by atoms with Crippen LogP contribution in [0.15, 0.2) is 48.5 Å². The summed E-state index contributed by atoms with van der Waals surface area (Å²) in [4.78, 5) is 16.9. The molecule has 1 fully saturated rings. The number of piperazine rings is 1. The molecule has 2 aromatic carbocycles. The summed E-state index contributed by atoms with van der Waals surface area (Å²) in [6.45, 7) is 6.67. The van der Waals surface area contributed by atoms with Crippen LogP contribution in [0.25, 0.3) is 0 Å². The van der Waals surface area contributed by atoms with Crippen LogP contribution in [-0.4, -0.2) is 41.9 Å². The summed E-state index contributed by atoms with van der Waals surface area (Å²) in [7, 11) is 0. The molecule has 1 aliphatic heterocycles. The summed E-state index contributed by atoms with van der Waals surface area (Å²) in [6.07, 6.45) is 1.35. The molecule has 0 radical (unpaired) electrons. The molecule has 25 heavy (non-hydrogen) atoms. The number of benzene rings is 2. The van der Waals surface area contributed by atoms with Crippen molar-refractivity contribution < 1.29 is 4.79 Å². The lowest BCUT2D eigenvalue weighted by Gasteiger charge is -2.35. The first-order valence-corrected chi connectivity index (χ1v) is 9.29. The van der Waals surface area contributed by atoms with Crippen molar-refractivity contribution in [2.75, 3.05) is 26.2 Å². The molecule has 0 N–H and O–H groups in total. The smallest absolute Gasteiger partial charge is 0.222 e. The fourth-order valence-corrected chi connectivity index (χ4v) is 3.37. The summed E-state index contributed by atoms with van der Waals surface area (Å²) in [5.74, 6) is 0.255. The van der Waals surface area contributed by atoms with Crippen molar-refractivity contribution in [1.82, 2.24) is 9.80 Å². The van der Waals surface area contributed by atoms with E-state index >= 15 is 0 Å². The Morgan fingerprint density at radius 1 is 1.00 bits per heavy atom. The molecule has 0 aliphatic carbocycles. The molecular formula is C21H25ClN2O. The first-order chi connectivity index (χ1) is 12.1. The molecule has 1 heterocycles. The average Bonchev–Trinajstić information content (AvgIpc) is 2.63. The molecule has 0 spiro atoms. The van der Waals surface area contributed by atoms with E-state index in [0.29, 0.717) is 6.42 Å². The standard InChI is InChI=1S/C21H25ClN2O/c1-17-4-2-3-5-19(17)16-23-12-14-24(15-13-23)21(25)11-8-18-6-9-20(22)10-7-18/h2-7,9-10H,8,11-16H2,1H3. The Balaban J connectivity index is 1.44. The molecule has 3 nitrogen and oxygen atoms in total. The molecule has 0 saturated carbocycles. The Labute approximate surface area is 155 Å². The van der Waals surface area contributed by atoms with Gasteiger partial charge in [0.2, 0.25) is 5.91 Å². The first kappa shape index (κ1) is 18.0. The molecule has 1 aliphatic rings. The van der Waals surface area contributed by atoms with Crippen LogP contribution in [0.4, 0.5) is 0 Å². The predicted octanol–water partition coefficient (Wildman–Crippen LogP) is 3.93. The van der Waals surface area contributed by atoms with Gasteiger partial charge < -0.3 is 4.90 Å². The fraction of sp³-hybridized carbons (Fsp3) is 0.381. The van der Waals surface area contributed by atoms with Crippen LogP contribution in [0.5, 0.6) is 0 Å². The van der Waals surface area contributed by atoms with Gasteiger partial charge in [-0.05, 0) is 42.2 Å². The molecule has 0 atom stereocenters. The average molecular weight is 357 g/mol.